The second-order valence-electron chi connectivity index (χ2n) is 9.98. The molecule has 1 saturated heterocycles. The van der Waals surface area contributed by atoms with E-state index in [1.165, 1.54) is 0 Å². The maximum atomic E-state index is 12.1. The molecular weight excluding hydrogens is 474 g/mol. The lowest BCUT2D eigenvalue weighted by Crippen LogP contribution is -2.37. The zero-order chi connectivity index (χ0) is 26.4. The first-order valence-electron chi connectivity index (χ1n) is 13.4. The van der Waals surface area contributed by atoms with Crippen LogP contribution in [0.1, 0.15) is 76.6 Å². The minimum atomic E-state index is -0.341. The highest BCUT2D eigenvalue weighted by atomic mass is 16.6. The molecule has 4 rings (SSSR count). The van der Waals surface area contributed by atoms with Crippen LogP contribution < -0.4 is 26.9 Å². The van der Waals surface area contributed by atoms with Crippen LogP contribution in [-0.4, -0.2) is 57.5 Å². The van der Waals surface area contributed by atoms with E-state index in [1.807, 2.05) is 27.0 Å². The number of alkyl carbamates (subject to hydrolysis) is 1. The summed E-state index contributed by atoms with van der Waals surface area (Å²) in [6, 6.07) is 2.08. The van der Waals surface area contributed by atoms with Gasteiger partial charge in [0.25, 0.3) is 0 Å². The number of carbonyl (C=O) groups is 1. The largest absolute Gasteiger partial charge is 0.446 e. The lowest BCUT2D eigenvalue weighted by atomic mass is 10.0. The Kier molecular flexibility index (Phi) is 9.09. The van der Waals surface area contributed by atoms with Gasteiger partial charge in [-0.3, -0.25) is 9.78 Å². The van der Waals surface area contributed by atoms with Gasteiger partial charge < -0.3 is 30.6 Å². The minimum Gasteiger partial charge on any atom is -0.446 e. The summed E-state index contributed by atoms with van der Waals surface area (Å²) in [7, 11) is 1.88. The number of aromatic nitrogens is 4. The summed E-state index contributed by atoms with van der Waals surface area (Å²) in [5, 5.41) is 20.1. The number of aryl methyl sites for hydroxylation is 1. The van der Waals surface area contributed by atoms with Crippen LogP contribution in [0.3, 0.4) is 0 Å². The number of hydrogen-bond acceptors (Lipinski definition) is 8. The van der Waals surface area contributed by atoms with Crippen LogP contribution in [0.4, 0.5) is 10.6 Å². The smallest absolute Gasteiger partial charge is 0.407 e. The quantitative estimate of drug-likeness (QED) is 0.376. The molecule has 11 heteroatoms. The third-order valence-corrected chi connectivity index (χ3v) is 7.10. The van der Waals surface area contributed by atoms with Crippen LogP contribution in [-0.2, 0) is 27.9 Å². The average Bonchev–Trinajstić information content (AvgIpc) is 3.66. The SMILES string of the molecule is CC/C=c1/c(COC2CCOC2)nn(C)/c1=C(/N)Nc1cc(C2CCC(OC(=O)NC(C)CC)C2)[nH]n1. The van der Waals surface area contributed by atoms with Crippen LogP contribution in [0.25, 0.3) is 11.9 Å². The van der Waals surface area contributed by atoms with Gasteiger partial charge in [-0.05, 0) is 45.4 Å². The Labute approximate surface area is 217 Å². The Morgan fingerprint density at radius 3 is 2.92 bits per heavy atom. The van der Waals surface area contributed by atoms with Crippen molar-refractivity contribution in [2.45, 2.75) is 90.1 Å². The van der Waals surface area contributed by atoms with E-state index in [2.05, 4.69) is 38.9 Å². The van der Waals surface area contributed by atoms with E-state index in [9.17, 15) is 4.79 Å². The van der Waals surface area contributed by atoms with Gasteiger partial charge in [-0.1, -0.05) is 19.9 Å². The average molecular weight is 516 g/mol. The van der Waals surface area contributed by atoms with Gasteiger partial charge in [0.1, 0.15) is 17.3 Å². The Bertz CT molecular complexity index is 1170. The summed E-state index contributed by atoms with van der Waals surface area (Å²) in [5.74, 6) is 1.35. The van der Waals surface area contributed by atoms with Crippen LogP contribution in [0, 0.1) is 0 Å². The van der Waals surface area contributed by atoms with Gasteiger partial charge in [0, 0.05) is 42.6 Å². The fraction of sp³-hybridized carbons (Fsp3) is 0.654. The molecule has 2 aliphatic rings. The third-order valence-electron chi connectivity index (χ3n) is 7.10. The fourth-order valence-electron chi connectivity index (χ4n) is 4.91. The van der Waals surface area contributed by atoms with Crippen molar-refractivity contribution in [1.29, 1.82) is 0 Å². The van der Waals surface area contributed by atoms with Crippen molar-refractivity contribution in [3.8, 4) is 0 Å². The molecule has 0 radical (unpaired) electrons. The molecule has 1 aliphatic heterocycles. The number of anilines is 1. The second-order valence-corrected chi connectivity index (χ2v) is 9.98. The zero-order valence-corrected chi connectivity index (χ0v) is 22.4. The van der Waals surface area contributed by atoms with E-state index >= 15 is 0 Å². The second kappa shape index (κ2) is 12.5. The summed E-state index contributed by atoms with van der Waals surface area (Å²) >= 11 is 0. The summed E-state index contributed by atoms with van der Waals surface area (Å²) in [4.78, 5) is 12.1. The van der Waals surface area contributed by atoms with Crippen molar-refractivity contribution < 1.29 is 19.0 Å². The number of rotatable bonds is 10. The van der Waals surface area contributed by atoms with Gasteiger partial charge in [0.2, 0.25) is 0 Å². The molecule has 3 heterocycles. The summed E-state index contributed by atoms with van der Waals surface area (Å²) in [5.41, 5.74) is 8.38. The number of nitrogens with two attached hydrogens (primary N) is 1. The number of aromatic amines is 1. The van der Waals surface area contributed by atoms with Crippen molar-refractivity contribution in [3.05, 3.63) is 28.0 Å². The van der Waals surface area contributed by atoms with Crippen molar-refractivity contribution in [3.63, 3.8) is 0 Å². The van der Waals surface area contributed by atoms with Gasteiger partial charge >= 0.3 is 6.09 Å². The van der Waals surface area contributed by atoms with Crippen molar-refractivity contribution >= 4 is 23.8 Å². The van der Waals surface area contributed by atoms with Crippen LogP contribution in [0.15, 0.2) is 6.07 Å². The number of hydrogen-bond donors (Lipinski definition) is 4. The van der Waals surface area contributed by atoms with Gasteiger partial charge in [0.15, 0.2) is 5.82 Å². The third kappa shape index (κ3) is 6.84. The Morgan fingerprint density at radius 1 is 1.35 bits per heavy atom. The number of amides is 1. The van der Waals surface area contributed by atoms with Crippen molar-refractivity contribution in [2.75, 3.05) is 18.5 Å². The lowest BCUT2D eigenvalue weighted by Gasteiger charge is -2.16. The molecule has 0 spiro atoms. The highest BCUT2D eigenvalue weighted by molar-refractivity contribution is 5.67. The van der Waals surface area contributed by atoms with Crippen molar-refractivity contribution in [1.82, 2.24) is 25.3 Å². The highest BCUT2D eigenvalue weighted by Crippen LogP contribution is 2.35. The predicted molar refractivity (Wildman–Crippen MR) is 141 cm³/mol. The summed E-state index contributed by atoms with van der Waals surface area (Å²) in [6.45, 7) is 7.86. The molecule has 4 unspecified atom stereocenters. The van der Waals surface area contributed by atoms with E-state index in [4.69, 9.17) is 19.9 Å². The number of ether oxygens (including phenoxy) is 3. The molecule has 204 valence electrons. The zero-order valence-electron chi connectivity index (χ0n) is 22.4. The van der Waals surface area contributed by atoms with E-state index in [1.54, 1.807) is 4.68 Å². The molecule has 1 saturated carbocycles. The van der Waals surface area contributed by atoms with E-state index in [0.29, 0.717) is 24.9 Å². The number of carbonyl (C=O) groups excluding carboxylic acids is 1. The van der Waals surface area contributed by atoms with E-state index in [0.717, 1.165) is 67.1 Å². The molecule has 1 aliphatic carbocycles. The first kappa shape index (κ1) is 27.0. The number of nitrogens with zero attached hydrogens (tertiary/aromatic N) is 3. The van der Waals surface area contributed by atoms with Gasteiger partial charge in [-0.15, -0.1) is 0 Å². The Morgan fingerprint density at radius 2 is 2.19 bits per heavy atom. The normalized spacial score (nSPS) is 23.8. The monoisotopic (exact) mass is 515 g/mol. The van der Waals surface area contributed by atoms with Gasteiger partial charge in [0.05, 0.1) is 25.0 Å². The van der Waals surface area contributed by atoms with Crippen LogP contribution >= 0.6 is 0 Å². The minimum absolute atomic E-state index is 0.0941. The molecule has 2 aromatic heterocycles. The molecule has 4 atom stereocenters. The van der Waals surface area contributed by atoms with E-state index < -0.39 is 0 Å². The van der Waals surface area contributed by atoms with Gasteiger partial charge in [-0.25, -0.2) is 4.79 Å². The fourth-order valence-corrected chi connectivity index (χ4v) is 4.91. The Balaban J connectivity index is 1.42. The molecule has 0 aromatic carbocycles. The highest BCUT2D eigenvalue weighted by Gasteiger charge is 2.30. The summed E-state index contributed by atoms with van der Waals surface area (Å²) < 4.78 is 18.8. The maximum Gasteiger partial charge on any atom is 0.407 e. The first-order valence-corrected chi connectivity index (χ1v) is 13.4. The predicted octanol–water partition coefficient (Wildman–Crippen LogP) is 1.94. The lowest BCUT2D eigenvalue weighted by molar-refractivity contribution is 0.0296. The standard InChI is InChI=1S/C26H41N7O4/c1-5-7-20-22(15-36-19-10-11-35-14-19)32-33(4)24(20)25(27)29-23-13-21(30-31-23)17-8-9-18(12-17)37-26(34)28-16(3)6-2/h7,13,16-19H,5-6,8-12,14-15,27H2,1-4H3,(H,28,34)(H2,29,30,31)/b20-7-,25-24-. The molecule has 1 amide bonds. The first-order chi connectivity index (χ1) is 17.9. The molecule has 0 bridgehead atoms. The number of H-pyrrole nitrogens is 1. The Hall–Kier alpha value is -3.05. The molecule has 2 fully saturated rings. The topological polar surface area (TPSA) is 141 Å². The molecule has 5 N–H and O–H groups in total. The van der Waals surface area contributed by atoms with Crippen molar-refractivity contribution in [2.24, 2.45) is 12.8 Å². The van der Waals surface area contributed by atoms with Gasteiger partial charge in [-0.2, -0.15) is 10.2 Å². The van der Waals surface area contributed by atoms with Crippen LogP contribution in [0.5, 0.6) is 0 Å². The summed E-state index contributed by atoms with van der Waals surface area (Å²) in [6.07, 6.45) is 6.93. The van der Waals surface area contributed by atoms with E-state index in [-0.39, 0.29) is 30.3 Å². The molecule has 2 aromatic rings. The van der Waals surface area contributed by atoms with Crippen LogP contribution in [0.2, 0.25) is 0 Å². The molecular formula is C26H41N7O4. The maximum absolute atomic E-state index is 12.1. The molecule has 37 heavy (non-hydrogen) atoms. The number of nitrogens with one attached hydrogen (secondary N) is 3. The molecule has 11 nitrogen and oxygen atoms in total.